The first-order valence-electron chi connectivity index (χ1n) is 4.57. The molecule has 5 heteroatoms. The quantitative estimate of drug-likeness (QED) is 0.685. The third kappa shape index (κ3) is 3.02. The van der Waals surface area contributed by atoms with E-state index in [2.05, 4.69) is 10.6 Å². The van der Waals surface area contributed by atoms with Crippen LogP contribution in [0.2, 0.25) is 5.02 Å². The van der Waals surface area contributed by atoms with Gasteiger partial charge in [-0.05, 0) is 25.1 Å². The average molecular weight is 228 g/mol. The summed E-state index contributed by atoms with van der Waals surface area (Å²) in [6.07, 6.45) is 0. The number of amides is 1. The first-order chi connectivity index (χ1) is 7.04. The topological polar surface area (TPSA) is 67.2 Å². The lowest BCUT2D eigenvalue weighted by Crippen LogP contribution is -2.35. The van der Waals surface area contributed by atoms with Gasteiger partial charge in [-0.15, -0.1) is 0 Å². The number of nitrogen functional groups attached to an aromatic ring is 1. The molecule has 0 spiro atoms. The van der Waals surface area contributed by atoms with Gasteiger partial charge < -0.3 is 16.4 Å². The van der Waals surface area contributed by atoms with Crippen LogP contribution in [0.4, 0.5) is 11.4 Å². The third-order valence-electron chi connectivity index (χ3n) is 2.03. The second-order valence-corrected chi connectivity index (χ2v) is 3.65. The third-order valence-corrected chi connectivity index (χ3v) is 2.26. The van der Waals surface area contributed by atoms with Crippen molar-refractivity contribution >= 4 is 28.9 Å². The van der Waals surface area contributed by atoms with Crippen LogP contribution >= 0.6 is 11.6 Å². The molecule has 0 aliphatic carbocycles. The Hall–Kier alpha value is -1.42. The first kappa shape index (κ1) is 11.7. The normalized spacial score (nSPS) is 11.9. The molecular formula is C10H14ClN3O. The number of anilines is 2. The Labute approximate surface area is 93.8 Å². The van der Waals surface area contributed by atoms with E-state index in [0.717, 1.165) is 0 Å². The van der Waals surface area contributed by atoms with Gasteiger partial charge in [0.15, 0.2) is 0 Å². The number of carbonyl (C=O) groups is 1. The molecule has 0 radical (unpaired) electrons. The van der Waals surface area contributed by atoms with Crippen LogP contribution in [0.1, 0.15) is 6.92 Å². The zero-order chi connectivity index (χ0) is 11.4. The smallest absolute Gasteiger partial charge is 0.241 e. The Balaban J connectivity index is 2.76. The second-order valence-electron chi connectivity index (χ2n) is 3.21. The molecule has 0 aliphatic rings. The summed E-state index contributed by atoms with van der Waals surface area (Å²) >= 11 is 5.76. The average Bonchev–Trinajstić information content (AvgIpc) is 2.20. The molecule has 1 atom stereocenters. The number of benzene rings is 1. The molecule has 4 N–H and O–H groups in total. The van der Waals surface area contributed by atoms with Gasteiger partial charge in [-0.1, -0.05) is 11.6 Å². The zero-order valence-corrected chi connectivity index (χ0v) is 9.43. The highest BCUT2D eigenvalue weighted by molar-refractivity contribution is 6.31. The van der Waals surface area contributed by atoms with Crippen molar-refractivity contribution in [1.29, 1.82) is 0 Å². The standard InChI is InChI=1S/C10H14ClN3O/c1-6(10(15)13-2)14-9-4-3-7(11)5-8(9)12/h3-6,14H,12H2,1-2H3,(H,13,15). The molecule has 0 heterocycles. The highest BCUT2D eigenvalue weighted by Crippen LogP contribution is 2.23. The minimum absolute atomic E-state index is 0.0932. The SMILES string of the molecule is CNC(=O)C(C)Nc1ccc(Cl)cc1N. The maximum atomic E-state index is 11.3. The van der Waals surface area contributed by atoms with E-state index in [-0.39, 0.29) is 11.9 Å². The van der Waals surface area contributed by atoms with Crippen LogP contribution in [-0.4, -0.2) is 19.0 Å². The molecule has 0 aromatic heterocycles. The van der Waals surface area contributed by atoms with E-state index in [1.807, 2.05) is 0 Å². The fraction of sp³-hybridized carbons (Fsp3) is 0.300. The summed E-state index contributed by atoms with van der Waals surface area (Å²) in [7, 11) is 1.59. The number of hydrogen-bond acceptors (Lipinski definition) is 3. The molecule has 0 saturated heterocycles. The van der Waals surface area contributed by atoms with E-state index in [0.29, 0.717) is 16.4 Å². The molecule has 1 aromatic carbocycles. The maximum absolute atomic E-state index is 11.3. The molecule has 1 unspecified atom stereocenters. The molecular weight excluding hydrogens is 214 g/mol. The number of halogens is 1. The van der Waals surface area contributed by atoms with Crippen LogP contribution in [-0.2, 0) is 4.79 Å². The maximum Gasteiger partial charge on any atom is 0.241 e. The van der Waals surface area contributed by atoms with E-state index in [1.54, 1.807) is 32.2 Å². The van der Waals surface area contributed by atoms with Crippen molar-refractivity contribution in [2.75, 3.05) is 18.1 Å². The fourth-order valence-electron chi connectivity index (χ4n) is 1.18. The molecule has 1 rings (SSSR count). The van der Waals surface area contributed by atoms with Crippen molar-refractivity contribution in [3.63, 3.8) is 0 Å². The lowest BCUT2D eigenvalue weighted by molar-refractivity contribution is -0.121. The Morgan fingerprint density at radius 1 is 1.53 bits per heavy atom. The van der Waals surface area contributed by atoms with Gasteiger partial charge in [-0.3, -0.25) is 4.79 Å². The fourth-order valence-corrected chi connectivity index (χ4v) is 1.36. The Kier molecular flexibility index (Phi) is 3.80. The van der Waals surface area contributed by atoms with Crippen LogP contribution < -0.4 is 16.4 Å². The van der Waals surface area contributed by atoms with Gasteiger partial charge in [0.1, 0.15) is 6.04 Å². The summed E-state index contributed by atoms with van der Waals surface area (Å²) in [5.41, 5.74) is 6.96. The second kappa shape index (κ2) is 4.89. The van der Waals surface area contributed by atoms with Gasteiger partial charge in [0.25, 0.3) is 0 Å². The first-order valence-corrected chi connectivity index (χ1v) is 4.95. The molecule has 0 fully saturated rings. The van der Waals surface area contributed by atoms with E-state index in [9.17, 15) is 4.79 Å². The lowest BCUT2D eigenvalue weighted by Gasteiger charge is -2.15. The van der Waals surface area contributed by atoms with E-state index in [1.165, 1.54) is 0 Å². The Morgan fingerprint density at radius 2 is 2.20 bits per heavy atom. The van der Waals surface area contributed by atoms with Gasteiger partial charge in [-0.25, -0.2) is 0 Å². The largest absolute Gasteiger partial charge is 0.397 e. The Morgan fingerprint density at radius 3 is 2.73 bits per heavy atom. The van der Waals surface area contributed by atoms with E-state index < -0.39 is 0 Å². The number of hydrogen-bond donors (Lipinski definition) is 3. The molecule has 82 valence electrons. The van der Waals surface area contributed by atoms with E-state index >= 15 is 0 Å². The summed E-state index contributed by atoms with van der Waals surface area (Å²) in [6.45, 7) is 1.76. The van der Waals surface area contributed by atoms with Gasteiger partial charge in [0.2, 0.25) is 5.91 Å². The minimum Gasteiger partial charge on any atom is -0.397 e. The molecule has 1 amide bonds. The number of nitrogens with one attached hydrogen (secondary N) is 2. The number of rotatable bonds is 3. The van der Waals surface area contributed by atoms with Gasteiger partial charge >= 0.3 is 0 Å². The van der Waals surface area contributed by atoms with Gasteiger partial charge in [0, 0.05) is 12.1 Å². The highest BCUT2D eigenvalue weighted by Gasteiger charge is 2.11. The molecule has 4 nitrogen and oxygen atoms in total. The van der Waals surface area contributed by atoms with Crippen LogP contribution in [0, 0.1) is 0 Å². The number of carbonyl (C=O) groups excluding carboxylic acids is 1. The predicted molar refractivity (Wildman–Crippen MR) is 63.0 cm³/mol. The molecule has 0 aliphatic heterocycles. The summed E-state index contributed by atoms with van der Waals surface area (Å²) in [5, 5.41) is 6.11. The number of nitrogens with two attached hydrogens (primary N) is 1. The van der Waals surface area contributed by atoms with Crippen molar-refractivity contribution < 1.29 is 4.79 Å². The summed E-state index contributed by atoms with van der Waals surface area (Å²) in [6, 6.07) is 4.77. The lowest BCUT2D eigenvalue weighted by atomic mass is 10.2. The van der Waals surface area contributed by atoms with Gasteiger partial charge in [0.05, 0.1) is 11.4 Å². The van der Waals surface area contributed by atoms with Crippen LogP contribution in [0.3, 0.4) is 0 Å². The monoisotopic (exact) mass is 227 g/mol. The van der Waals surface area contributed by atoms with Crippen LogP contribution in [0.15, 0.2) is 18.2 Å². The van der Waals surface area contributed by atoms with Gasteiger partial charge in [-0.2, -0.15) is 0 Å². The summed E-state index contributed by atoms with van der Waals surface area (Å²) < 4.78 is 0. The molecule has 15 heavy (non-hydrogen) atoms. The van der Waals surface area contributed by atoms with Crippen molar-refractivity contribution in [2.45, 2.75) is 13.0 Å². The van der Waals surface area contributed by atoms with Crippen LogP contribution in [0.5, 0.6) is 0 Å². The summed E-state index contributed by atoms with van der Waals surface area (Å²) in [4.78, 5) is 11.3. The zero-order valence-electron chi connectivity index (χ0n) is 8.67. The molecule has 0 bridgehead atoms. The van der Waals surface area contributed by atoms with Crippen LogP contribution in [0.25, 0.3) is 0 Å². The molecule has 0 saturated carbocycles. The van der Waals surface area contributed by atoms with Crippen molar-refractivity contribution in [3.05, 3.63) is 23.2 Å². The number of likely N-dealkylation sites (N-methyl/N-ethyl adjacent to an activating group) is 1. The van der Waals surface area contributed by atoms with Crippen molar-refractivity contribution in [2.24, 2.45) is 0 Å². The summed E-state index contributed by atoms with van der Waals surface area (Å²) in [5.74, 6) is -0.0932. The highest BCUT2D eigenvalue weighted by atomic mass is 35.5. The van der Waals surface area contributed by atoms with Crippen molar-refractivity contribution in [1.82, 2.24) is 5.32 Å². The predicted octanol–water partition coefficient (Wildman–Crippen LogP) is 1.47. The van der Waals surface area contributed by atoms with Crippen molar-refractivity contribution in [3.8, 4) is 0 Å². The Bertz CT molecular complexity index is 368. The van der Waals surface area contributed by atoms with E-state index in [4.69, 9.17) is 17.3 Å². The molecule has 1 aromatic rings. The minimum atomic E-state index is -0.335.